The lowest BCUT2D eigenvalue weighted by Gasteiger charge is -2.43. The molecule has 0 spiro atoms. The molecule has 0 aromatic heterocycles. The molecule has 168 valence electrons. The van der Waals surface area contributed by atoms with Crippen LogP contribution in [-0.4, -0.2) is 44.5 Å². The minimum Gasteiger partial charge on any atom is -0.456 e. The largest absolute Gasteiger partial charge is 0.456 e. The Morgan fingerprint density at radius 3 is 2.34 bits per heavy atom. The highest BCUT2D eigenvalue weighted by Gasteiger charge is 2.51. The molecule has 5 nitrogen and oxygen atoms in total. The maximum Gasteiger partial charge on any atom is 0.330 e. The molecule has 0 bridgehead atoms. The highest BCUT2D eigenvalue weighted by molar-refractivity contribution is 6.74. The SMILES string of the molecule is C=CC[C@@H](OC(=O)C=C)[C@@H](O[Si](C)(C)C(C)(C)C)[C@@H]1OC(C)(C)O[C@H]1CCCC. The first-order valence-electron chi connectivity index (χ1n) is 10.8. The molecule has 1 aliphatic rings. The van der Waals surface area contributed by atoms with E-state index in [4.69, 9.17) is 18.6 Å². The minimum atomic E-state index is -2.18. The Morgan fingerprint density at radius 1 is 1.24 bits per heavy atom. The number of ether oxygens (including phenoxy) is 3. The van der Waals surface area contributed by atoms with E-state index in [1.54, 1.807) is 6.08 Å². The number of unbranched alkanes of at least 4 members (excludes halogenated alkanes) is 1. The molecule has 4 atom stereocenters. The normalized spacial score (nSPS) is 24.0. The third kappa shape index (κ3) is 7.35. The maximum atomic E-state index is 12.1. The van der Waals surface area contributed by atoms with Crippen molar-refractivity contribution >= 4 is 14.3 Å². The van der Waals surface area contributed by atoms with E-state index in [1.165, 1.54) is 6.08 Å². The summed E-state index contributed by atoms with van der Waals surface area (Å²) in [5, 5.41) is 0.000317. The summed E-state index contributed by atoms with van der Waals surface area (Å²) in [6, 6.07) is 0. The second kappa shape index (κ2) is 10.4. The lowest BCUT2D eigenvalue weighted by molar-refractivity contribution is -0.169. The van der Waals surface area contributed by atoms with E-state index in [2.05, 4.69) is 53.9 Å². The van der Waals surface area contributed by atoms with Crippen molar-refractivity contribution in [2.24, 2.45) is 0 Å². The van der Waals surface area contributed by atoms with Crippen LogP contribution in [0.2, 0.25) is 18.1 Å². The van der Waals surface area contributed by atoms with Crippen LogP contribution in [0.25, 0.3) is 0 Å². The fourth-order valence-corrected chi connectivity index (χ4v) is 4.57. The molecule has 1 rings (SSSR count). The molecule has 0 radical (unpaired) electrons. The third-order valence-electron chi connectivity index (χ3n) is 5.82. The van der Waals surface area contributed by atoms with Crippen LogP contribution < -0.4 is 0 Å². The molecule has 1 aliphatic heterocycles. The second-order valence-electron chi connectivity index (χ2n) is 9.83. The molecule has 0 amide bonds. The molecule has 29 heavy (non-hydrogen) atoms. The Morgan fingerprint density at radius 2 is 1.86 bits per heavy atom. The topological polar surface area (TPSA) is 54.0 Å². The van der Waals surface area contributed by atoms with E-state index < -0.39 is 32.3 Å². The van der Waals surface area contributed by atoms with E-state index in [0.29, 0.717) is 6.42 Å². The average molecular weight is 427 g/mol. The standard InChI is InChI=1S/C23H42O5Si/c1-11-14-16-18-20(27-23(7,8)26-18)21(28-29(9,10)22(4,5)6)17(15-12-2)25-19(24)13-3/h12-13,17-18,20-21H,2-3,11,14-16H2,1,4-10H3/t17-,18+,20-,21-/m1/s1. The Kier molecular flexibility index (Phi) is 9.33. The van der Waals surface area contributed by atoms with Crippen molar-refractivity contribution in [1.29, 1.82) is 0 Å². The Labute approximate surface area is 179 Å². The summed E-state index contributed by atoms with van der Waals surface area (Å²) in [4.78, 5) is 12.1. The molecular formula is C23H42O5Si. The van der Waals surface area contributed by atoms with Crippen LogP contribution in [-0.2, 0) is 23.4 Å². The van der Waals surface area contributed by atoms with Gasteiger partial charge in [0.15, 0.2) is 14.1 Å². The van der Waals surface area contributed by atoms with E-state index in [0.717, 1.165) is 19.3 Å². The van der Waals surface area contributed by atoms with Crippen LogP contribution in [0.4, 0.5) is 0 Å². The monoisotopic (exact) mass is 426 g/mol. The van der Waals surface area contributed by atoms with Crippen molar-refractivity contribution in [2.75, 3.05) is 0 Å². The van der Waals surface area contributed by atoms with Gasteiger partial charge in [0.1, 0.15) is 18.3 Å². The zero-order valence-electron chi connectivity index (χ0n) is 19.7. The molecular weight excluding hydrogens is 384 g/mol. The summed E-state index contributed by atoms with van der Waals surface area (Å²) in [7, 11) is -2.18. The quantitative estimate of drug-likeness (QED) is 0.182. The van der Waals surface area contributed by atoms with Gasteiger partial charge in [0.2, 0.25) is 0 Å². The molecule has 0 aromatic carbocycles. The number of esters is 1. The van der Waals surface area contributed by atoms with Crippen molar-refractivity contribution < 1.29 is 23.4 Å². The first-order valence-corrected chi connectivity index (χ1v) is 13.7. The van der Waals surface area contributed by atoms with Gasteiger partial charge in [-0.15, -0.1) is 6.58 Å². The van der Waals surface area contributed by atoms with Crippen molar-refractivity contribution in [3.05, 3.63) is 25.3 Å². The lowest BCUT2D eigenvalue weighted by atomic mass is 9.97. The van der Waals surface area contributed by atoms with Gasteiger partial charge < -0.3 is 18.6 Å². The van der Waals surface area contributed by atoms with Crippen molar-refractivity contribution in [2.45, 2.75) is 116 Å². The van der Waals surface area contributed by atoms with E-state index in [1.807, 2.05) is 13.8 Å². The lowest BCUT2D eigenvalue weighted by Crippen LogP contribution is -2.54. The van der Waals surface area contributed by atoms with Gasteiger partial charge in [0.25, 0.3) is 0 Å². The summed E-state index contributed by atoms with van der Waals surface area (Å²) in [5.74, 6) is -1.18. The molecule has 1 fully saturated rings. The van der Waals surface area contributed by atoms with Crippen molar-refractivity contribution in [3.8, 4) is 0 Å². The molecule has 0 N–H and O–H groups in total. The van der Waals surface area contributed by atoms with Gasteiger partial charge >= 0.3 is 5.97 Å². The van der Waals surface area contributed by atoms with Gasteiger partial charge in [0.05, 0.1) is 6.10 Å². The fraction of sp³-hybridized carbons (Fsp3) is 0.783. The predicted molar refractivity (Wildman–Crippen MR) is 120 cm³/mol. The van der Waals surface area contributed by atoms with Gasteiger partial charge in [0, 0.05) is 12.5 Å². The van der Waals surface area contributed by atoms with Gasteiger partial charge in [-0.2, -0.15) is 0 Å². The van der Waals surface area contributed by atoms with Gasteiger partial charge in [-0.3, -0.25) is 0 Å². The van der Waals surface area contributed by atoms with Crippen LogP contribution in [0.15, 0.2) is 25.3 Å². The molecule has 6 heteroatoms. The van der Waals surface area contributed by atoms with Crippen molar-refractivity contribution in [1.82, 2.24) is 0 Å². The summed E-state index contributed by atoms with van der Waals surface area (Å²) in [6.07, 6.45) is 4.99. The average Bonchev–Trinajstić information content (AvgIpc) is 2.90. The highest BCUT2D eigenvalue weighted by atomic mass is 28.4. The number of carbonyl (C=O) groups is 1. The Bertz CT molecular complexity index is 564. The first-order chi connectivity index (χ1) is 13.3. The number of carbonyl (C=O) groups excluding carboxylic acids is 1. The summed E-state index contributed by atoms with van der Waals surface area (Å²) >= 11 is 0. The van der Waals surface area contributed by atoms with Crippen LogP contribution in [0, 0.1) is 0 Å². The smallest absolute Gasteiger partial charge is 0.330 e. The summed E-state index contributed by atoms with van der Waals surface area (Å²) < 4.78 is 25.1. The maximum absolute atomic E-state index is 12.1. The molecule has 1 heterocycles. The van der Waals surface area contributed by atoms with E-state index in [-0.39, 0.29) is 17.2 Å². The number of rotatable bonds is 11. The Balaban J connectivity index is 3.33. The van der Waals surface area contributed by atoms with Crippen LogP contribution >= 0.6 is 0 Å². The second-order valence-corrected chi connectivity index (χ2v) is 14.6. The van der Waals surface area contributed by atoms with Gasteiger partial charge in [-0.05, 0) is 38.4 Å². The van der Waals surface area contributed by atoms with E-state index in [9.17, 15) is 4.79 Å². The zero-order chi connectivity index (χ0) is 22.5. The van der Waals surface area contributed by atoms with Crippen LogP contribution in [0.1, 0.15) is 67.2 Å². The summed E-state index contributed by atoms with van der Waals surface area (Å²) in [6.45, 7) is 24.4. The summed E-state index contributed by atoms with van der Waals surface area (Å²) in [5.41, 5.74) is 0. The fourth-order valence-electron chi connectivity index (χ4n) is 3.25. The zero-order valence-corrected chi connectivity index (χ0v) is 20.7. The molecule has 1 saturated heterocycles. The Hall–Kier alpha value is -0.953. The predicted octanol–water partition coefficient (Wildman–Crippen LogP) is 5.76. The number of hydrogen-bond donors (Lipinski definition) is 0. The highest BCUT2D eigenvalue weighted by Crippen LogP contribution is 2.41. The number of hydrogen-bond acceptors (Lipinski definition) is 5. The molecule has 0 saturated carbocycles. The molecule has 0 unspecified atom stereocenters. The first kappa shape index (κ1) is 26.1. The van der Waals surface area contributed by atoms with E-state index >= 15 is 0 Å². The van der Waals surface area contributed by atoms with Gasteiger partial charge in [-0.1, -0.05) is 53.2 Å². The van der Waals surface area contributed by atoms with Gasteiger partial charge in [-0.25, -0.2) is 4.79 Å². The van der Waals surface area contributed by atoms with Crippen molar-refractivity contribution in [3.63, 3.8) is 0 Å². The molecule has 0 aliphatic carbocycles. The molecule has 0 aromatic rings. The third-order valence-corrected chi connectivity index (χ3v) is 10.3. The van der Waals surface area contributed by atoms with Crippen LogP contribution in [0.3, 0.4) is 0 Å². The van der Waals surface area contributed by atoms with Crippen LogP contribution in [0.5, 0.6) is 0 Å². The minimum absolute atomic E-state index is 0.000317.